The lowest BCUT2D eigenvalue weighted by Crippen LogP contribution is -2.44. The first kappa shape index (κ1) is 15.7. The summed E-state index contributed by atoms with van der Waals surface area (Å²) in [5.74, 6) is -1.42. The number of benzene rings is 1. The van der Waals surface area contributed by atoms with E-state index in [1.54, 1.807) is 0 Å². The Hall–Kier alpha value is -2.31. The van der Waals surface area contributed by atoms with E-state index in [1.165, 1.54) is 6.08 Å². The molecule has 0 saturated heterocycles. The van der Waals surface area contributed by atoms with Crippen molar-refractivity contribution in [2.24, 2.45) is 5.73 Å². The highest BCUT2D eigenvalue weighted by Gasteiger charge is 2.30. The average molecular weight is 286 g/mol. The van der Waals surface area contributed by atoms with Crippen molar-refractivity contribution in [1.29, 1.82) is 0 Å². The smallest absolute Gasteiger partial charge is 0.368 e. The van der Waals surface area contributed by atoms with Crippen molar-refractivity contribution in [1.82, 2.24) is 5.32 Å². The van der Waals surface area contributed by atoms with Crippen molar-refractivity contribution in [3.8, 4) is 0 Å². The molecular weight excluding hydrogens is 273 g/mol. The van der Waals surface area contributed by atoms with Crippen molar-refractivity contribution < 1.29 is 22.8 Å². The standard InChI is InChI=1S/C13H13F3N2O2/c1-2-3-10(11(17)19)18-12(20)8-4-6-9(7-5-8)13(14,15)16/h2,4-7,10H,1,3H2,(H2,17,19)(H,18,20). The second kappa shape index (κ2) is 6.23. The summed E-state index contributed by atoms with van der Waals surface area (Å²) in [5, 5.41) is 2.33. The number of alkyl halides is 3. The zero-order chi connectivity index (χ0) is 15.3. The number of amides is 2. The Balaban J connectivity index is 2.82. The Bertz CT molecular complexity index is 509. The Kier molecular flexibility index (Phi) is 4.90. The van der Waals surface area contributed by atoms with Gasteiger partial charge in [0.2, 0.25) is 5.91 Å². The van der Waals surface area contributed by atoms with Crippen LogP contribution in [-0.2, 0) is 11.0 Å². The molecule has 1 aromatic rings. The van der Waals surface area contributed by atoms with Gasteiger partial charge in [0, 0.05) is 5.56 Å². The molecule has 0 radical (unpaired) electrons. The van der Waals surface area contributed by atoms with E-state index in [-0.39, 0.29) is 12.0 Å². The molecule has 0 saturated carbocycles. The van der Waals surface area contributed by atoms with E-state index in [2.05, 4.69) is 11.9 Å². The fourth-order valence-electron chi connectivity index (χ4n) is 1.47. The summed E-state index contributed by atoms with van der Waals surface area (Å²) in [7, 11) is 0. The van der Waals surface area contributed by atoms with Crippen LogP contribution in [-0.4, -0.2) is 17.9 Å². The zero-order valence-corrected chi connectivity index (χ0v) is 10.4. The highest BCUT2D eigenvalue weighted by atomic mass is 19.4. The van der Waals surface area contributed by atoms with Crippen LogP contribution < -0.4 is 11.1 Å². The van der Waals surface area contributed by atoms with E-state index < -0.39 is 29.6 Å². The van der Waals surface area contributed by atoms with E-state index in [0.717, 1.165) is 24.3 Å². The van der Waals surface area contributed by atoms with Crippen molar-refractivity contribution in [2.75, 3.05) is 0 Å². The first-order valence-corrected chi connectivity index (χ1v) is 5.64. The molecule has 1 unspecified atom stereocenters. The van der Waals surface area contributed by atoms with Gasteiger partial charge >= 0.3 is 6.18 Å². The molecule has 2 amide bonds. The van der Waals surface area contributed by atoms with Crippen LogP contribution in [0.5, 0.6) is 0 Å². The largest absolute Gasteiger partial charge is 0.416 e. The number of primary amides is 1. The second-order valence-corrected chi connectivity index (χ2v) is 4.03. The summed E-state index contributed by atoms with van der Waals surface area (Å²) in [6.07, 6.45) is -2.92. The zero-order valence-electron chi connectivity index (χ0n) is 10.4. The van der Waals surface area contributed by atoms with E-state index in [4.69, 9.17) is 5.73 Å². The van der Waals surface area contributed by atoms with Crippen LogP contribution >= 0.6 is 0 Å². The molecule has 0 fully saturated rings. The third-order valence-electron chi connectivity index (χ3n) is 2.53. The number of carbonyl (C=O) groups is 2. The fourth-order valence-corrected chi connectivity index (χ4v) is 1.47. The van der Waals surface area contributed by atoms with Crippen LogP contribution in [0.2, 0.25) is 0 Å². The highest BCUT2D eigenvalue weighted by molar-refractivity contribution is 5.97. The Labute approximate surface area is 113 Å². The first-order valence-electron chi connectivity index (χ1n) is 5.64. The summed E-state index contributed by atoms with van der Waals surface area (Å²) < 4.78 is 37.1. The number of hydrogen-bond acceptors (Lipinski definition) is 2. The van der Waals surface area contributed by atoms with E-state index in [1.807, 2.05) is 0 Å². The van der Waals surface area contributed by atoms with Gasteiger partial charge in [-0.3, -0.25) is 9.59 Å². The molecule has 0 bridgehead atoms. The molecule has 1 rings (SSSR count). The first-order chi connectivity index (χ1) is 9.25. The van der Waals surface area contributed by atoms with Crippen LogP contribution in [0.25, 0.3) is 0 Å². The van der Waals surface area contributed by atoms with E-state index in [0.29, 0.717) is 0 Å². The number of rotatable bonds is 5. The fraction of sp³-hybridized carbons (Fsp3) is 0.231. The Morgan fingerprint density at radius 2 is 1.85 bits per heavy atom. The van der Waals surface area contributed by atoms with E-state index >= 15 is 0 Å². The molecule has 20 heavy (non-hydrogen) atoms. The lowest BCUT2D eigenvalue weighted by atomic mass is 10.1. The summed E-state index contributed by atoms with van der Waals surface area (Å²) >= 11 is 0. The molecular formula is C13H13F3N2O2. The maximum atomic E-state index is 12.4. The maximum Gasteiger partial charge on any atom is 0.416 e. The predicted molar refractivity (Wildman–Crippen MR) is 66.7 cm³/mol. The number of halogens is 3. The van der Waals surface area contributed by atoms with E-state index in [9.17, 15) is 22.8 Å². The van der Waals surface area contributed by atoms with Gasteiger partial charge in [0.1, 0.15) is 6.04 Å². The molecule has 1 atom stereocenters. The van der Waals surface area contributed by atoms with Crippen LogP contribution in [0.3, 0.4) is 0 Å². The minimum Gasteiger partial charge on any atom is -0.368 e. The van der Waals surface area contributed by atoms with Crippen molar-refractivity contribution in [3.05, 3.63) is 48.0 Å². The maximum absolute atomic E-state index is 12.4. The molecule has 0 aromatic heterocycles. The number of hydrogen-bond donors (Lipinski definition) is 2. The van der Waals surface area contributed by atoms with Gasteiger partial charge in [-0.05, 0) is 30.7 Å². The molecule has 108 valence electrons. The highest BCUT2D eigenvalue weighted by Crippen LogP contribution is 2.29. The Morgan fingerprint density at radius 3 is 2.25 bits per heavy atom. The third-order valence-corrected chi connectivity index (χ3v) is 2.53. The van der Waals surface area contributed by atoms with Gasteiger partial charge in [-0.25, -0.2) is 0 Å². The molecule has 0 heterocycles. The van der Waals surface area contributed by atoms with Crippen LogP contribution in [0, 0.1) is 0 Å². The van der Waals surface area contributed by atoms with Crippen molar-refractivity contribution in [2.45, 2.75) is 18.6 Å². The summed E-state index contributed by atoms with van der Waals surface area (Å²) in [6, 6.07) is 2.71. The molecule has 4 nitrogen and oxygen atoms in total. The summed E-state index contributed by atoms with van der Waals surface area (Å²) in [6.45, 7) is 3.42. The Morgan fingerprint density at radius 1 is 1.30 bits per heavy atom. The van der Waals surface area contributed by atoms with Crippen LogP contribution in [0.15, 0.2) is 36.9 Å². The SMILES string of the molecule is C=CCC(NC(=O)c1ccc(C(F)(F)F)cc1)C(N)=O. The summed E-state index contributed by atoms with van der Waals surface area (Å²) in [5.41, 5.74) is 4.23. The molecule has 0 aliphatic rings. The minimum atomic E-state index is -4.46. The number of carbonyl (C=O) groups excluding carboxylic acids is 2. The number of nitrogens with two attached hydrogens (primary N) is 1. The monoisotopic (exact) mass is 286 g/mol. The average Bonchev–Trinajstić information content (AvgIpc) is 2.37. The second-order valence-electron chi connectivity index (χ2n) is 4.03. The van der Waals surface area contributed by atoms with Crippen molar-refractivity contribution in [3.63, 3.8) is 0 Å². The van der Waals surface area contributed by atoms with Gasteiger partial charge < -0.3 is 11.1 Å². The predicted octanol–water partition coefficient (Wildman–Crippen LogP) is 1.87. The molecule has 0 spiro atoms. The summed E-state index contributed by atoms with van der Waals surface area (Å²) in [4.78, 5) is 22.8. The van der Waals surface area contributed by atoms with Gasteiger partial charge in [-0.15, -0.1) is 6.58 Å². The van der Waals surface area contributed by atoms with Gasteiger partial charge in [0.25, 0.3) is 5.91 Å². The lowest BCUT2D eigenvalue weighted by molar-refractivity contribution is -0.137. The molecule has 0 aliphatic carbocycles. The van der Waals surface area contributed by atoms with Crippen LogP contribution in [0.4, 0.5) is 13.2 Å². The van der Waals surface area contributed by atoms with Crippen LogP contribution in [0.1, 0.15) is 22.3 Å². The van der Waals surface area contributed by atoms with Crippen molar-refractivity contribution >= 4 is 11.8 Å². The van der Waals surface area contributed by atoms with Gasteiger partial charge in [-0.2, -0.15) is 13.2 Å². The lowest BCUT2D eigenvalue weighted by Gasteiger charge is -2.14. The molecule has 7 heteroatoms. The number of nitrogens with one attached hydrogen (secondary N) is 1. The quantitative estimate of drug-likeness (QED) is 0.811. The topological polar surface area (TPSA) is 72.2 Å². The molecule has 3 N–H and O–H groups in total. The molecule has 0 aliphatic heterocycles. The minimum absolute atomic E-state index is 0.00770. The van der Waals surface area contributed by atoms with Gasteiger partial charge in [-0.1, -0.05) is 6.08 Å². The van der Waals surface area contributed by atoms with Gasteiger partial charge in [0.05, 0.1) is 5.56 Å². The van der Waals surface area contributed by atoms with Gasteiger partial charge in [0.15, 0.2) is 0 Å². The molecule has 1 aromatic carbocycles. The third kappa shape index (κ3) is 4.11. The normalized spacial score (nSPS) is 12.6.